The smallest absolute Gasteiger partial charge is 0.422 e. The number of amides is 3. The van der Waals surface area contributed by atoms with E-state index in [9.17, 15) is 27.6 Å². The van der Waals surface area contributed by atoms with E-state index in [-0.39, 0.29) is 44.3 Å². The molecular weight excluding hydrogens is 407 g/mol. The molecule has 2 aliphatic rings. The average Bonchev–Trinajstić information content (AvgIpc) is 2.75. The number of halogens is 3. The van der Waals surface area contributed by atoms with E-state index in [1.165, 1.54) is 11.9 Å². The number of alkyl halides is 3. The molecule has 30 heavy (non-hydrogen) atoms. The Morgan fingerprint density at radius 2 is 1.87 bits per heavy atom. The second kappa shape index (κ2) is 8.80. The van der Waals surface area contributed by atoms with Gasteiger partial charge in [-0.1, -0.05) is 12.1 Å². The van der Waals surface area contributed by atoms with Crippen LogP contribution in [0.4, 0.5) is 23.7 Å². The minimum Gasteiger partial charge on any atom is -0.477 e. The Bertz CT molecular complexity index is 809. The van der Waals surface area contributed by atoms with E-state index in [4.69, 9.17) is 4.74 Å². The molecule has 0 aromatic heterocycles. The fraction of sp³-hybridized carbons (Fsp3) is 0.526. The van der Waals surface area contributed by atoms with Crippen molar-refractivity contribution in [1.29, 1.82) is 0 Å². The van der Waals surface area contributed by atoms with Crippen LogP contribution in [0.3, 0.4) is 0 Å². The van der Waals surface area contributed by atoms with Crippen LogP contribution in [0.15, 0.2) is 24.3 Å². The zero-order chi connectivity index (χ0) is 21.9. The van der Waals surface area contributed by atoms with Gasteiger partial charge in [0.25, 0.3) is 5.91 Å². The number of carbonyl (C=O) groups excluding carboxylic acids is 3. The molecule has 164 valence electrons. The van der Waals surface area contributed by atoms with Gasteiger partial charge >= 0.3 is 12.3 Å². The Kier molecular flexibility index (Phi) is 6.37. The summed E-state index contributed by atoms with van der Waals surface area (Å²) in [5.74, 6) is -0.598. The van der Waals surface area contributed by atoms with Crippen molar-refractivity contribution in [2.45, 2.75) is 25.1 Å². The third-order valence-corrected chi connectivity index (χ3v) is 5.04. The minimum atomic E-state index is -4.59. The lowest BCUT2D eigenvalue weighted by Crippen LogP contribution is -2.52. The number of anilines is 1. The predicted molar refractivity (Wildman–Crippen MR) is 99.0 cm³/mol. The van der Waals surface area contributed by atoms with Gasteiger partial charge in [-0.3, -0.25) is 9.59 Å². The van der Waals surface area contributed by atoms with Crippen LogP contribution in [0, 0.1) is 5.92 Å². The molecule has 11 heteroatoms. The van der Waals surface area contributed by atoms with Crippen LogP contribution in [0.5, 0.6) is 5.75 Å². The summed E-state index contributed by atoms with van der Waals surface area (Å²) < 4.78 is 46.6. The summed E-state index contributed by atoms with van der Waals surface area (Å²) in [6.45, 7) is -1.38. The number of para-hydroxylation sites is 2. The van der Waals surface area contributed by atoms with E-state index in [1.807, 2.05) is 0 Å². The summed E-state index contributed by atoms with van der Waals surface area (Å²) in [4.78, 5) is 39.7. The van der Waals surface area contributed by atoms with E-state index in [1.54, 1.807) is 24.3 Å². The first-order valence-corrected chi connectivity index (χ1v) is 9.46. The third-order valence-electron chi connectivity index (χ3n) is 5.04. The highest BCUT2D eigenvalue weighted by atomic mass is 19.4. The zero-order valence-electron chi connectivity index (χ0n) is 16.3. The van der Waals surface area contributed by atoms with Gasteiger partial charge in [-0.25, -0.2) is 4.79 Å². The first-order valence-electron chi connectivity index (χ1n) is 9.46. The highest BCUT2D eigenvalue weighted by Crippen LogP contribution is 2.35. The normalized spacial score (nSPS) is 19.5. The van der Waals surface area contributed by atoms with Gasteiger partial charge in [-0.15, -0.1) is 0 Å². The van der Waals surface area contributed by atoms with Crippen molar-refractivity contribution in [2.24, 2.45) is 5.92 Å². The summed E-state index contributed by atoms with van der Waals surface area (Å²) in [6.07, 6.45) is -5.93. The van der Waals surface area contributed by atoms with E-state index in [2.05, 4.69) is 10.1 Å². The third kappa shape index (κ3) is 4.95. The fourth-order valence-electron chi connectivity index (χ4n) is 3.50. The molecule has 0 radical (unpaired) electrons. The van der Waals surface area contributed by atoms with Gasteiger partial charge in [0.2, 0.25) is 5.91 Å². The summed E-state index contributed by atoms with van der Waals surface area (Å²) >= 11 is 0. The Labute approximate surface area is 170 Å². The molecule has 1 aromatic carbocycles. The highest BCUT2D eigenvalue weighted by Gasteiger charge is 2.38. The second-order valence-corrected chi connectivity index (χ2v) is 7.07. The van der Waals surface area contributed by atoms with Crippen LogP contribution in [0.1, 0.15) is 12.8 Å². The molecule has 1 fully saturated rings. The Morgan fingerprint density at radius 3 is 2.50 bits per heavy atom. The quantitative estimate of drug-likeness (QED) is 0.794. The van der Waals surface area contributed by atoms with E-state index in [0.717, 1.165) is 4.90 Å². The van der Waals surface area contributed by atoms with Gasteiger partial charge in [0.1, 0.15) is 5.75 Å². The number of ether oxygens (including phenoxy) is 2. The largest absolute Gasteiger partial charge is 0.477 e. The number of carbonyl (C=O) groups is 3. The summed E-state index contributed by atoms with van der Waals surface area (Å²) in [5, 5.41) is 2.51. The number of hydrogen-bond acceptors (Lipinski definition) is 5. The van der Waals surface area contributed by atoms with Crippen LogP contribution in [-0.4, -0.2) is 68.4 Å². The first kappa shape index (κ1) is 21.7. The van der Waals surface area contributed by atoms with Gasteiger partial charge in [0.05, 0.1) is 12.2 Å². The number of nitrogens with zero attached hydrogens (tertiary/aromatic N) is 2. The molecule has 0 bridgehead atoms. The molecule has 8 nitrogen and oxygen atoms in total. The molecule has 0 saturated carbocycles. The van der Waals surface area contributed by atoms with Crippen molar-refractivity contribution in [3.05, 3.63) is 24.3 Å². The lowest BCUT2D eigenvalue weighted by molar-refractivity contribution is -0.162. The number of piperidine rings is 1. The Hall–Kier alpha value is -2.98. The van der Waals surface area contributed by atoms with Gasteiger partial charge in [-0.2, -0.15) is 13.2 Å². The van der Waals surface area contributed by atoms with Crippen molar-refractivity contribution in [3.63, 3.8) is 0 Å². The van der Waals surface area contributed by atoms with E-state index < -0.39 is 30.9 Å². The average molecular weight is 429 g/mol. The van der Waals surface area contributed by atoms with Crippen molar-refractivity contribution in [1.82, 2.24) is 10.2 Å². The van der Waals surface area contributed by atoms with Crippen LogP contribution < -0.4 is 15.0 Å². The molecule has 0 spiro atoms. The molecule has 1 N–H and O–H groups in total. The predicted octanol–water partition coefficient (Wildman–Crippen LogP) is 1.94. The molecule has 1 saturated heterocycles. The molecule has 3 rings (SSSR count). The fourth-order valence-corrected chi connectivity index (χ4v) is 3.50. The van der Waals surface area contributed by atoms with Crippen molar-refractivity contribution < 1.29 is 37.0 Å². The lowest BCUT2D eigenvalue weighted by Gasteiger charge is -2.38. The number of rotatable bonds is 3. The molecule has 2 heterocycles. The van der Waals surface area contributed by atoms with Gasteiger partial charge in [-0.05, 0) is 25.0 Å². The molecular formula is C19H22F3N3O5. The summed E-state index contributed by atoms with van der Waals surface area (Å²) in [6, 6.07) is 6.88. The number of likely N-dealkylation sites (tertiary alicyclic amines) is 1. The van der Waals surface area contributed by atoms with Crippen LogP contribution in [-0.2, 0) is 14.3 Å². The summed E-state index contributed by atoms with van der Waals surface area (Å²) in [5.41, 5.74) is 0.551. The Morgan fingerprint density at radius 1 is 1.20 bits per heavy atom. The van der Waals surface area contributed by atoms with E-state index in [0.29, 0.717) is 11.4 Å². The summed E-state index contributed by atoms with van der Waals surface area (Å²) in [7, 11) is 1.48. The van der Waals surface area contributed by atoms with Gasteiger partial charge in [0.15, 0.2) is 12.7 Å². The molecule has 1 unspecified atom stereocenters. The topological polar surface area (TPSA) is 88.2 Å². The SMILES string of the molecule is CNC(=O)C1CN(C(=O)C2CCN(C(=O)OCC(F)(F)F)CC2)c2ccccc2O1. The molecule has 1 aromatic rings. The van der Waals surface area contributed by atoms with Crippen molar-refractivity contribution >= 4 is 23.6 Å². The lowest BCUT2D eigenvalue weighted by atomic mass is 9.94. The molecule has 3 amide bonds. The first-order chi connectivity index (χ1) is 14.2. The van der Waals surface area contributed by atoms with E-state index >= 15 is 0 Å². The van der Waals surface area contributed by atoms with Crippen LogP contribution >= 0.6 is 0 Å². The maximum Gasteiger partial charge on any atom is 0.422 e. The number of nitrogens with one attached hydrogen (secondary N) is 1. The number of fused-ring (bicyclic) bond motifs is 1. The standard InChI is InChI=1S/C19H22F3N3O5/c1-23-16(26)15-10-25(13-4-2-3-5-14(13)30-15)17(27)12-6-8-24(9-7-12)18(28)29-11-19(20,21)22/h2-5,12,15H,6-11H2,1H3,(H,23,26). The number of benzene rings is 1. The molecule has 0 aliphatic carbocycles. The van der Waals surface area contributed by atoms with Crippen molar-refractivity contribution in [3.8, 4) is 5.75 Å². The number of hydrogen-bond donors (Lipinski definition) is 1. The van der Waals surface area contributed by atoms with Crippen LogP contribution in [0.25, 0.3) is 0 Å². The van der Waals surface area contributed by atoms with Crippen molar-refractivity contribution in [2.75, 3.05) is 38.2 Å². The maximum atomic E-state index is 13.2. The monoisotopic (exact) mass is 429 g/mol. The van der Waals surface area contributed by atoms with Gasteiger partial charge < -0.3 is 24.6 Å². The minimum absolute atomic E-state index is 0.0450. The van der Waals surface area contributed by atoms with Crippen LogP contribution in [0.2, 0.25) is 0 Å². The second-order valence-electron chi connectivity index (χ2n) is 7.07. The van der Waals surface area contributed by atoms with Gasteiger partial charge in [0, 0.05) is 26.1 Å². The zero-order valence-corrected chi connectivity index (χ0v) is 16.3. The maximum absolute atomic E-state index is 13.2. The molecule has 2 aliphatic heterocycles. The highest BCUT2D eigenvalue weighted by molar-refractivity contribution is 5.98. The number of likely N-dealkylation sites (N-methyl/N-ethyl adjacent to an activating group) is 1. The Balaban J connectivity index is 1.64. The molecule has 1 atom stereocenters.